The van der Waals surface area contributed by atoms with Crippen molar-refractivity contribution in [3.8, 4) is 0 Å². The van der Waals surface area contributed by atoms with E-state index in [2.05, 4.69) is 9.47 Å². The summed E-state index contributed by atoms with van der Waals surface area (Å²) in [6, 6.07) is 0. The van der Waals surface area contributed by atoms with Crippen LogP contribution in [-0.2, 0) is 19.1 Å². The Morgan fingerprint density at radius 2 is 1.87 bits per heavy atom. The number of aliphatic hydroxyl groups excluding tert-OH is 2. The van der Waals surface area contributed by atoms with Gasteiger partial charge in [-0.25, -0.2) is 0 Å². The van der Waals surface area contributed by atoms with E-state index in [1.165, 1.54) is 0 Å². The molecule has 0 spiro atoms. The Morgan fingerprint density at radius 3 is 2.40 bits per heavy atom. The smallest absolute Gasteiger partial charge is 0.317 e. The summed E-state index contributed by atoms with van der Waals surface area (Å²) in [6.07, 6.45) is -0.735. The van der Waals surface area contributed by atoms with Crippen LogP contribution in [0.3, 0.4) is 0 Å². The molecule has 6 nitrogen and oxygen atoms in total. The standard InChI is InChI=1S/C9H16O6/c1-2-7(11)6-15-9(13)5-8(12)14-4-3-10/h7,10-11H,2-6H2,1H3. The van der Waals surface area contributed by atoms with Gasteiger partial charge in [0.15, 0.2) is 0 Å². The summed E-state index contributed by atoms with van der Waals surface area (Å²) in [5, 5.41) is 17.4. The van der Waals surface area contributed by atoms with E-state index in [1.807, 2.05) is 0 Å². The Balaban J connectivity index is 3.60. The van der Waals surface area contributed by atoms with Gasteiger partial charge in [-0.3, -0.25) is 9.59 Å². The Bertz CT molecular complexity index is 203. The molecule has 0 aromatic heterocycles. The quantitative estimate of drug-likeness (QED) is 0.432. The Hall–Kier alpha value is -1.14. The molecule has 0 aliphatic rings. The number of carbonyl (C=O) groups excluding carboxylic acids is 2. The van der Waals surface area contributed by atoms with Crippen LogP contribution in [0.25, 0.3) is 0 Å². The second-order valence-corrected chi connectivity index (χ2v) is 2.87. The van der Waals surface area contributed by atoms with Crippen molar-refractivity contribution in [2.75, 3.05) is 19.8 Å². The molecule has 0 fully saturated rings. The molecule has 88 valence electrons. The molecule has 0 bridgehead atoms. The van der Waals surface area contributed by atoms with Gasteiger partial charge < -0.3 is 19.7 Å². The predicted molar refractivity (Wildman–Crippen MR) is 49.9 cm³/mol. The van der Waals surface area contributed by atoms with Crippen LogP contribution in [0.1, 0.15) is 19.8 Å². The van der Waals surface area contributed by atoms with Crippen LogP contribution in [-0.4, -0.2) is 48.1 Å². The second-order valence-electron chi connectivity index (χ2n) is 2.87. The van der Waals surface area contributed by atoms with Crippen LogP contribution in [0.5, 0.6) is 0 Å². The van der Waals surface area contributed by atoms with Crippen LogP contribution in [0.2, 0.25) is 0 Å². The third-order valence-electron chi connectivity index (χ3n) is 1.55. The minimum atomic E-state index is -0.750. The van der Waals surface area contributed by atoms with Crippen molar-refractivity contribution in [2.24, 2.45) is 0 Å². The monoisotopic (exact) mass is 220 g/mol. The predicted octanol–water partition coefficient (Wildman–Crippen LogP) is -0.774. The van der Waals surface area contributed by atoms with Crippen LogP contribution >= 0.6 is 0 Å². The lowest BCUT2D eigenvalue weighted by atomic mass is 10.3. The fourth-order valence-electron chi connectivity index (χ4n) is 0.686. The molecule has 0 saturated carbocycles. The number of esters is 2. The molecule has 0 aromatic carbocycles. The molecule has 0 saturated heterocycles. The molecule has 0 aliphatic carbocycles. The number of hydrogen-bond donors (Lipinski definition) is 2. The highest BCUT2D eigenvalue weighted by Gasteiger charge is 2.13. The maximum absolute atomic E-state index is 10.9. The van der Waals surface area contributed by atoms with Crippen molar-refractivity contribution >= 4 is 11.9 Å². The largest absolute Gasteiger partial charge is 0.463 e. The Morgan fingerprint density at radius 1 is 1.27 bits per heavy atom. The molecule has 0 aromatic rings. The second kappa shape index (κ2) is 8.19. The van der Waals surface area contributed by atoms with E-state index >= 15 is 0 Å². The highest BCUT2D eigenvalue weighted by molar-refractivity contribution is 5.91. The molecule has 2 N–H and O–H groups in total. The summed E-state index contributed by atoms with van der Waals surface area (Å²) < 4.78 is 9.04. The van der Waals surface area contributed by atoms with Gasteiger partial charge in [-0.15, -0.1) is 0 Å². The number of aliphatic hydroxyl groups is 2. The average Bonchev–Trinajstić information content (AvgIpc) is 2.22. The molecule has 0 radical (unpaired) electrons. The number of ether oxygens (including phenoxy) is 2. The average molecular weight is 220 g/mol. The molecular formula is C9H16O6. The van der Waals surface area contributed by atoms with Gasteiger partial charge in [0, 0.05) is 0 Å². The van der Waals surface area contributed by atoms with E-state index in [-0.39, 0.29) is 19.8 Å². The summed E-state index contributed by atoms with van der Waals surface area (Å²) >= 11 is 0. The first-order chi connectivity index (χ1) is 7.10. The zero-order chi connectivity index (χ0) is 11.7. The summed E-state index contributed by atoms with van der Waals surface area (Å²) in [6.45, 7) is 1.20. The first-order valence-corrected chi connectivity index (χ1v) is 4.70. The van der Waals surface area contributed by atoms with Gasteiger partial charge in [0.05, 0.1) is 12.7 Å². The van der Waals surface area contributed by atoms with E-state index in [4.69, 9.17) is 10.2 Å². The zero-order valence-corrected chi connectivity index (χ0v) is 8.64. The van der Waals surface area contributed by atoms with E-state index in [0.717, 1.165) is 0 Å². The SMILES string of the molecule is CCC(O)COC(=O)CC(=O)OCCO. The van der Waals surface area contributed by atoms with Gasteiger partial charge in [0.2, 0.25) is 0 Å². The Labute approximate surface area is 87.8 Å². The van der Waals surface area contributed by atoms with Crippen LogP contribution in [0.15, 0.2) is 0 Å². The lowest BCUT2D eigenvalue weighted by Crippen LogP contribution is -2.20. The lowest BCUT2D eigenvalue weighted by Gasteiger charge is -2.08. The first kappa shape index (κ1) is 13.9. The van der Waals surface area contributed by atoms with Gasteiger partial charge in [0.1, 0.15) is 19.6 Å². The molecule has 1 unspecified atom stereocenters. The van der Waals surface area contributed by atoms with Crippen molar-refractivity contribution in [3.63, 3.8) is 0 Å². The minimum absolute atomic E-state index is 0.122. The highest BCUT2D eigenvalue weighted by Crippen LogP contribution is 1.95. The van der Waals surface area contributed by atoms with E-state index < -0.39 is 24.5 Å². The van der Waals surface area contributed by atoms with Gasteiger partial charge in [-0.2, -0.15) is 0 Å². The van der Waals surface area contributed by atoms with E-state index in [0.29, 0.717) is 6.42 Å². The minimum Gasteiger partial charge on any atom is -0.463 e. The normalized spacial score (nSPS) is 11.9. The topological polar surface area (TPSA) is 93.1 Å². The fraction of sp³-hybridized carbons (Fsp3) is 0.778. The van der Waals surface area contributed by atoms with Gasteiger partial charge >= 0.3 is 11.9 Å². The van der Waals surface area contributed by atoms with Crippen LogP contribution in [0, 0.1) is 0 Å². The van der Waals surface area contributed by atoms with Crippen molar-refractivity contribution in [1.82, 2.24) is 0 Å². The van der Waals surface area contributed by atoms with Crippen molar-refractivity contribution in [1.29, 1.82) is 0 Å². The lowest BCUT2D eigenvalue weighted by molar-refractivity contribution is -0.156. The summed E-state index contributed by atoms with van der Waals surface area (Å²) in [5.41, 5.74) is 0. The summed E-state index contributed by atoms with van der Waals surface area (Å²) in [5.74, 6) is -1.49. The molecule has 15 heavy (non-hydrogen) atoms. The van der Waals surface area contributed by atoms with Crippen molar-refractivity contribution in [2.45, 2.75) is 25.9 Å². The van der Waals surface area contributed by atoms with E-state index in [9.17, 15) is 9.59 Å². The fourth-order valence-corrected chi connectivity index (χ4v) is 0.686. The van der Waals surface area contributed by atoms with Crippen molar-refractivity contribution < 1.29 is 29.3 Å². The highest BCUT2D eigenvalue weighted by atomic mass is 16.6. The molecule has 0 aliphatic heterocycles. The number of rotatable bonds is 7. The van der Waals surface area contributed by atoms with Crippen LogP contribution < -0.4 is 0 Å². The van der Waals surface area contributed by atoms with E-state index in [1.54, 1.807) is 6.92 Å². The van der Waals surface area contributed by atoms with Gasteiger partial charge in [-0.05, 0) is 6.42 Å². The van der Waals surface area contributed by atoms with Crippen molar-refractivity contribution in [3.05, 3.63) is 0 Å². The third kappa shape index (κ3) is 7.90. The van der Waals surface area contributed by atoms with Gasteiger partial charge in [-0.1, -0.05) is 6.92 Å². The Kier molecular flexibility index (Phi) is 7.57. The molecule has 0 heterocycles. The molecular weight excluding hydrogens is 204 g/mol. The number of hydrogen-bond acceptors (Lipinski definition) is 6. The molecule has 1 atom stereocenters. The first-order valence-electron chi connectivity index (χ1n) is 4.70. The summed E-state index contributed by atoms with van der Waals surface area (Å²) in [7, 11) is 0. The van der Waals surface area contributed by atoms with Gasteiger partial charge in [0.25, 0.3) is 0 Å². The molecule has 0 amide bonds. The molecule has 0 rings (SSSR count). The third-order valence-corrected chi connectivity index (χ3v) is 1.55. The zero-order valence-electron chi connectivity index (χ0n) is 8.64. The maximum Gasteiger partial charge on any atom is 0.317 e. The summed E-state index contributed by atoms with van der Waals surface area (Å²) in [4.78, 5) is 21.8. The molecule has 6 heteroatoms. The maximum atomic E-state index is 10.9. The number of carbonyl (C=O) groups is 2. The van der Waals surface area contributed by atoms with Crippen LogP contribution in [0.4, 0.5) is 0 Å².